The zero-order valence-corrected chi connectivity index (χ0v) is 13.7. The van der Waals surface area contributed by atoms with Crippen molar-refractivity contribution in [2.45, 2.75) is 6.54 Å². The van der Waals surface area contributed by atoms with Crippen molar-refractivity contribution in [3.63, 3.8) is 0 Å². The summed E-state index contributed by atoms with van der Waals surface area (Å²) in [6.45, 7) is 0.206. The molecule has 1 aromatic heterocycles. The van der Waals surface area contributed by atoms with Crippen molar-refractivity contribution in [2.24, 2.45) is 0 Å². The molecule has 122 valence electrons. The fraction of sp³-hybridized carbons (Fsp3) is 0.0625. The third-order valence-electron chi connectivity index (χ3n) is 3.23. The Morgan fingerprint density at radius 2 is 2.00 bits per heavy atom. The summed E-state index contributed by atoms with van der Waals surface area (Å²) in [7, 11) is 0. The quantitative estimate of drug-likeness (QED) is 0.760. The van der Waals surface area contributed by atoms with Crippen LogP contribution in [0.15, 0.2) is 48.8 Å². The maximum Gasteiger partial charge on any atom is 0.259 e. The maximum absolute atomic E-state index is 13.6. The van der Waals surface area contributed by atoms with Gasteiger partial charge in [-0.2, -0.15) is 0 Å². The van der Waals surface area contributed by atoms with Crippen LogP contribution < -0.4 is 5.32 Å². The first-order valence-corrected chi connectivity index (χ1v) is 7.68. The number of hydrogen-bond acceptors (Lipinski definition) is 3. The van der Waals surface area contributed by atoms with Gasteiger partial charge in [-0.15, -0.1) is 5.10 Å². The molecule has 0 unspecified atom stereocenters. The molecule has 0 saturated heterocycles. The number of benzene rings is 2. The average molecular weight is 365 g/mol. The van der Waals surface area contributed by atoms with Crippen LogP contribution in [0.1, 0.15) is 15.9 Å². The van der Waals surface area contributed by atoms with Gasteiger partial charge in [0.2, 0.25) is 5.95 Å². The topological polar surface area (TPSA) is 59.8 Å². The van der Waals surface area contributed by atoms with Crippen molar-refractivity contribution in [1.82, 2.24) is 14.8 Å². The van der Waals surface area contributed by atoms with Crippen molar-refractivity contribution >= 4 is 35.1 Å². The molecule has 3 rings (SSSR count). The van der Waals surface area contributed by atoms with Gasteiger partial charge in [-0.05, 0) is 24.3 Å². The Morgan fingerprint density at radius 3 is 2.75 bits per heavy atom. The number of nitrogens with one attached hydrogen (secondary N) is 1. The Hall–Kier alpha value is -2.44. The highest BCUT2D eigenvalue weighted by atomic mass is 35.5. The van der Waals surface area contributed by atoms with Crippen LogP contribution in [0.25, 0.3) is 0 Å². The minimum Gasteiger partial charge on any atom is -0.289 e. The lowest BCUT2D eigenvalue weighted by Crippen LogP contribution is -2.14. The largest absolute Gasteiger partial charge is 0.289 e. The number of amides is 1. The number of anilines is 1. The molecule has 0 radical (unpaired) electrons. The summed E-state index contributed by atoms with van der Waals surface area (Å²) in [5.41, 5.74) is 0.729. The van der Waals surface area contributed by atoms with E-state index < -0.39 is 5.91 Å². The van der Waals surface area contributed by atoms with E-state index in [1.54, 1.807) is 24.3 Å². The van der Waals surface area contributed by atoms with E-state index in [1.807, 2.05) is 0 Å². The third kappa shape index (κ3) is 3.72. The Morgan fingerprint density at radius 1 is 1.21 bits per heavy atom. The second-order valence-electron chi connectivity index (χ2n) is 4.94. The number of nitrogens with zero attached hydrogens (tertiary/aromatic N) is 3. The van der Waals surface area contributed by atoms with E-state index in [0.717, 1.165) is 0 Å². The molecule has 24 heavy (non-hydrogen) atoms. The van der Waals surface area contributed by atoms with E-state index in [0.29, 0.717) is 10.6 Å². The molecule has 0 aliphatic rings. The molecule has 0 bridgehead atoms. The number of halogens is 3. The van der Waals surface area contributed by atoms with E-state index in [9.17, 15) is 9.18 Å². The van der Waals surface area contributed by atoms with E-state index >= 15 is 0 Å². The zero-order valence-electron chi connectivity index (χ0n) is 12.2. The molecule has 8 heteroatoms. The number of rotatable bonds is 4. The van der Waals surface area contributed by atoms with Gasteiger partial charge in [0.15, 0.2) is 0 Å². The molecule has 0 aliphatic heterocycles. The van der Waals surface area contributed by atoms with Crippen molar-refractivity contribution < 1.29 is 9.18 Å². The molecule has 1 amide bonds. The van der Waals surface area contributed by atoms with Crippen LogP contribution >= 0.6 is 23.2 Å². The summed E-state index contributed by atoms with van der Waals surface area (Å²) in [5.74, 6) is -0.686. The monoisotopic (exact) mass is 364 g/mol. The third-order valence-corrected chi connectivity index (χ3v) is 3.78. The summed E-state index contributed by atoms with van der Waals surface area (Å²) in [4.78, 5) is 16.2. The van der Waals surface area contributed by atoms with Gasteiger partial charge >= 0.3 is 0 Å². The second kappa shape index (κ2) is 6.98. The summed E-state index contributed by atoms with van der Waals surface area (Å²) >= 11 is 11.8. The van der Waals surface area contributed by atoms with Gasteiger partial charge in [-0.1, -0.05) is 41.4 Å². The van der Waals surface area contributed by atoms with Crippen LogP contribution in [0.2, 0.25) is 10.0 Å². The van der Waals surface area contributed by atoms with Crippen LogP contribution in [0, 0.1) is 5.82 Å². The molecule has 0 aliphatic carbocycles. The Balaban J connectivity index is 1.72. The zero-order chi connectivity index (χ0) is 17.1. The first kappa shape index (κ1) is 16.4. The molecule has 2 aromatic carbocycles. The lowest BCUT2D eigenvalue weighted by molar-refractivity contribution is 0.102. The highest BCUT2D eigenvalue weighted by Crippen LogP contribution is 2.21. The fourth-order valence-electron chi connectivity index (χ4n) is 2.07. The number of hydrogen-bond donors (Lipinski definition) is 1. The number of carbonyl (C=O) groups is 1. The van der Waals surface area contributed by atoms with E-state index in [2.05, 4.69) is 15.4 Å². The Bertz CT molecular complexity index is 897. The first-order chi connectivity index (χ1) is 11.5. The lowest BCUT2D eigenvalue weighted by atomic mass is 10.2. The van der Waals surface area contributed by atoms with Gasteiger partial charge in [0.1, 0.15) is 12.1 Å². The SMILES string of the molecule is O=C(Nc1ncn(Cc2ccccc2F)n1)c1ccc(Cl)cc1Cl. The van der Waals surface area contributed by atoms with Gasteiger partial charge in [0.05, 0.1) is 17.1 Å². The Labute approximate surface area is 147 Å². The highest BCUT2D eigenvalue weighted by Gasteiger charge is 2.13. The molecule has 0 saturated carbocycles. The van der Waals surface area contributed by atoms with Gasteiger partial charge in [-0.25, -0.2) is 14.1 Å². The summed E-state index contributed by atoms with van der Waals surface area (Å²) in [6.07, 6.45) is 1.41. The average Bonchev–Trinajstić information content (AvgIpc) is 2.96. The molecule has 5 nitrogen and oxygen atoms in total. The normalized spacial score (nSPS) is 10.6. The molecule has 0 atom stereocenters. The summed E-state index contributed by atoms with van der Waals surface area (Å²) < 4.78 is 15.1. The molecular weight excluding hydrogens is 354 g/mol. The van der Waals surface area contributed by atoms with E-state index in [4.69, 9.17) is 23.2 Å². The molecular formula is C16H11Cl2FN4O. The van der Waals surface area contributed by atoms with Gasteiger partial charge in [0.25, 0.3) is 5.91 Å². The van der Waals surface area contributed by atoms with E-state index in [-0.39, 0.29) is 28.9 Å². The first-order valence-electron chi connectivity index (χ1n) is 6.92. The minimum atomic E-state index is -0.458. The van der Waals surface area contributed by atoms with Crippen LogP contribution in [0.5, 0.6) is 0 Å². The number of aromatic nitrogens is 3. The van der Waals surface area contributed by atoms with Crippen LogP contribution in [0.4, 0.5) is 10.3 Å². The summed E-state index contributed by atoms with van der Waals surface area (Å²) in [5, 5.41) is 7.29. The van der Waals surface area contributed by atoms with Gasteiger partial charge in [-0.3, -0.25) is 10.1 Å². The molecule has 1 heterocycles. The maximum atomic E-state index is 13.6. The van der Waals surface area contributed by atoms with Gasteiger partial charge in [0, 0.05) is 10.6 Å². The summed E-state index contributed by atoms with van der Waals surface area (Å²) in [6, 6.07) is 10.9. The van der Waals surface area contributed by atoms with Crippen molar-refractivity contribution in [3.05, 3.63) is 75.8 Å². The molecule has 1 N–H and O–H groups in total. The number of carbonyl (C=O) groups excluding carboxylic acids is 1. The van der Waals surface area contributed by atoms with Crippen LogP contribution in [-0.2, 0) is 6.54 Å². The lowest BCUT2D eigenvalue weighted by Gasteiger charge is -2.04. The van der Waals surface area contributed by atoms with Crippen LogP contribution in [0.3, 0.4) is 0 Å². The molecule has 0 spiro atoms. The van der Waals surface area contributed by atoms with Crippen molar-refractivity contribution in [2.75, 3.05) is 5.32 Å². The predicted molar refractivity (Wildman–Crippen MR) is 89.9 cm³/mol. The molecule has 0 fully saturated rings. The fourth-order valence-corrected chi connectivity index (χ4v) is 2.57. The minimum absolute atomic E-state index is 0.0994. The van der Waals surface area contributed by atoms with Crippen molar-refractivity contribution in [1.29, 1.82) is 0 Å². The second-order valence-corrected chi connectivity index (χ2v) is 5.78. The van der Waals surface area contributed by atoms with Crippen LogP contribution in [-0.4, -0.2) is 20.7 Å². The molecule has 3 aromatic rings. The highest BCUT2D eigenvalue weighted by molar-refractivity contribution is 6.37. The Kier molecular flexibility index (Phi) is 4.78. The standard InChI is InChI=1S/C16H11Cl2FN4O/c17-11-5-6-12(13(18)7-11)15(24)21-16-20-9-23(22-16)8-10-3-1-2-4-14(10)19/h1-7,9H,8H2,(H,21,22,24). The predicted octanol–water partition coefficient (Wildman–Crippen LogP) is 4.02. The van der Waals surface area contributed by atoms with Gasteiger partial charge < -0.3 is 0 Å². The smallest absolute Gasteiger partial charge is 0.259 e. The van der Waals surface area contributed by atoms with Crippen molar-refractivity contribution in [3.8, 4) is 0 Å². The van der Waals surface area contributed by atoms with E-state index in [1.165, 1.54) is 29.2 Å².